The summed E-state index contributed by atoms with van der Waals surface area (Å²) in [5.41, 5.74) is 47.9. The van der Waals surface area contributed by atoms with Gasteiger partial charge in [0.05, 0.1) is 35.9 Å². The lowest BCUT2D eigenvalue weighted by Gasteiger charge is -2.12. The Morgan fingerprint density at radius 1 is 0.449 bits per heavy atom. The summed E-state index contributed by atoms with van der Waals surface area (Å²) in [6.45, 7) is 6.27. The fourth-order valence-corrected chi connectivity index (χ4v) is 3.70. The van der Waals surface area contributed by atoms with Crippen LogP contribution in [-0.4, -0.2) is 71.6 Å². The van der Waals surface area contributed by atoms with Crippen LogP contribution in [0.4, 0.5) is 11.4 Å². The predicted molar refractivity (Wildman–Crippen MR) is 195 cm³/mol. The summed E-state index contributed by atoms with van der Waals surface area (Å²) in [5.74, 6) is -1.80. The zero-order valence-electron chi connectivity index (χ0n) is 27.4. The summed E-state index contributed by atoms with van der Waals surface area (Å²) in [4.78, 5) is 25.7. The molecule has 260 valence electrons. The Bertz CT molecular complexity index is 1550. The molecule has 0 heterocycles. The van der Waals surface area contributed by atoms with Crippen LogP contribution >= 0.6 is 0 Å². The number of carbonyl (C=O) groups is 2. The fourth-order valence-electron chi connectivity index (χ4n) is 3.70. The first-order valence-electron chi connectivity index (χ1n) is 14.2. The van der Waals surface area contributed by atoms with Crippen molar-refractivity contribution in [2.45, 2.75) is 27.7 Å². The highest BCUT2D eigenvalue weighted by atomic mass is 16.2. The van der Waals surface area contributed by atoms with E-state index in [-0.39, 0.29) is 36.9 Å². The van der Waals surface area contributed by atoms with E-state index >= 15 is 0 Å². The Balaban J connectivity index is 2.22. The molecule has 0 spiro atoms. The molecule has 0 aliphatic carbocycles. The summed E-state index contributed by atoms with van der Waals surface area (Å²) >= 11 is 0. The van der Waals surface area contributed by atoms with Gasteiger partial charge in [0.15, 0.2) is 0 Å². The molecule has 0 aliphatic heterocycles. The number of amides is 2. The summed E-state index contributed by atoms with van der Waals surface area (Å²) in [5, 5.41) is 39.0. The fraction of sp³-hybridized carbons (Fsp3) is 0.214. The van der Waals surface area contributed by atoms with E-state index < -0.39 is 11.8 Å². The number of anilines is 2. The molecule has 0 atom stereocenters. The molecule has 21 heteroatoms. The Hall–Kier alpha value is -6.90. The SMILES string of the molecule is C/C(=N\N=C(N)N)c1cc(NC(=O)CNCC(=O)Nc2cc(/C(C)=N/N=C(N)N)cc(/C(C)=N/N=C(N)N)c2)cc(/C(C)=N/N=C(N)N)c1. The number of hydrogen-bond donors (Lipinski definition) is 11. The molecule has 21 nitrogen and oxygen atoms in total. The number of hydrogen-bond acceptors (Lipinski definition) is 11. The van der Waals surface area contributed by atoms with Crippen LogP contribution in [0.25, 0.3) is 0 Å². The molecule has 0 bridgehead atoms. The third-order valence-electron chi connectivity index (χ3n) is 5.94. The lowest BCUT2D eigenvalue weighted by Crippen LogP contribution is -2.34. The number of benzene rings is 2. The number of nitrogens with zero attached hydrogens (tertiary/aromatic N) is 8. The van der Waals surface area contributed by atoms with Gasteiger partial charge in [-0.2, -0.15) is 20.4 Å². The Morgan fingerprint density at radius 2 is 0.694 bits per heavy atom. The first-order valence-corrected chi connectivity index (χ1v) is 14.2. The Morgan fingerprint density at radius 3 is 0.918 bits per heavy atom. The van der Waals surface area contributed by atoms with Gasteiger partial charge in [-0.15, -0.1) is 20.4 Å². The maximum absolute atomic E-state index is 12.8. The van der Waals surface area contributed by atoms with Gasteiger partial charge in [-0.25, -0.2) is 0 Å². The smallest absolute Gasteiger partial charge is 0.238 e. The molecule has 19 N–H and O–H groups in total. The van der Waals surface area contributed by atoms with Gasteiger partial charge >= 0.3 is 0 Å². The van der Waals surface area contributed by atoms with Crippen LogP contribution in [0.2, 0.25) is 0 Å². The van der Waals surface area contributed by atoms with Gasteiger partial charge in [0.1, 0.15) is 0 Å². The predicted octanol–water partition coefficient (Wildman–Crippen LogP) is -2.16. The highest BCUT2D eigenvalue weighted by molar-refractivity contribution is 6.08. The second kappa shape index (κ2) is 18.3. The molecule has 2 aromatic rings. The first-order chi connectivity index (χ1) is 23.0. The number of nitrogens with one attached hydrogen (secondary N) is 3. The van der Waals surface area contributed by atoms with Gasteiger partial charge in [-0.05, 0) is 64.1 Å². The highest BCUT2D eigenvalue weighted by Gasteiger charge is 2.12. The Labute approximate surface area is 281 Å². The van der Waals surface area contributed by atoms with Crippen LogP contribution in [0, 0.1) is 0 Å². The van der Waals surface area contributed by atoms with E-state index in [1.165, 1.54) is 0 Å². The second-order valence-corrected chi connectivity index (χ2v) is 10.1. The number of carbonyl (C=O) groups excluding carboxylic acids is 2. The van der Waals surface area contributed by atoms with Crippen molar-refractivity contribution in [2.24, 2.45) is 86.7 Å². The molecule has 0 saturated carbocycles. The van der Waals surface area contributed by atoms with Crippen molar-refractivity contribution in [1.82, 2.24) is 5.32 Å². The molecule has 2 aromatic carbocycles. The van der Waals surface area contributed by atoms with Gasteiger partial charge in [0.2, 0.25) is 35.7 Å². The van der Waals surface area contributed by atoms with E-state index in [4.69, 9.17) is 45.9 Å². The number of guanidine groups is 4. The lowest BCUT2D eigenvalue weighted by molar-refractivity contribution is -0.116. The van der Waals surface area contributed by atoms with E-state index in [0.717, 1.165) is 0 Å². The van der Waals surface area contributed by atoms with Gasteiger partial charge in [-0.1, -0.05) is 0 Å². The number of nitrogens with two attached hydrogens (primary N) is 8. The van der Waals surface area contributed by atoms with Crippen LogP contribution in [0.1, 0.15) is 49.9 Å². The molecule has 2 amide bonds. The van der Waals surface area contributed by atoms with Crippen molar-refractivity contribution in [3.63, 3.8) is 0 Å². The van der Waals surface area contributed by atoms with E-state index in [9.17, 15) is 9.59 Å². The average molecular weight is 676 g/mol. The van der Waals surface area contributed by atoms with Gasteiger partial charge in [0, 0.05) is 33.6 Å². The third-order valence-corrected chi connectivity index (χ3v) is 5.94. The number of rotatable bonds is 14. The molecule has 49 heavy (non-hydrogen) atoms. The lowest BCUT2D eigenvalue weighted by atomic mass is 10.0. The van der Waals surface area contributed by atoms with E-state index in [2.05, 4.69) is 56.8 Å². The Kier molecular flexibility index (Phi) is 14.3. The third kappa shape index (κ3) is 14.0. The van der Waals surface area contributed by atoms with Gasteiger partial charge < -0.3 is 56.5 Å². The van der Waals surface area contributed by atoms with Crippen molar-refractivity contribution in [2.75, 3.05) is 23.7 Å². The van der Waals surface area contributed by atoms with Crippen LogP contribution in [0.3, 0.4) is 0 Å². The molecule has 0 fully saturated rings. The summed E-state index contributed by atoms with van der Waals surface area (Å²) < 4.78 is 0. The average Bonchev–Trinajstić information content (AvgIpc) is 3.03. The maximum Gasteiger partial charge on any atom is 0.238 e. The van der Waals surface area contributed by atoms with Crippen LogP contribution in [0.5, 0.6) is 0 Å². The summed E-state index contributed by atoms with van der Waals surface area (Å²) in [6.07, 6.45) is 0. The minimum absolute atomic E-state index is 0.213. The normalized spacial score (nSPS) is 12.0. The van der Waals surface area contributed by atoms with Crippen LogP contribution in [-0.2, 0) is 9.59 Å². The maximum atomic E-state index is 12.8. The van der Waals surface area contributed by atoms with E-state index in [1.807, 2.05) is 0 Å². The van der Waals surface area contributed by atoms with Crippen molar-refractivity contribution >= 4 is 69.9 Å². The minimum atomic E-state index is -0.448. The van der Waals surface area contributed by atoms with Crippen molar-refractivity contribution in [3.05, 3.63) is 58.7 Å². The van der Waals surface area contributed by atoms with Crippen molar-refractivity contribution in [3.8, 4) is 0 Å². The molecule has 0 saturated heterocycles. The largest absolute Gasteiger partial charge is 0.369 e. The summed E-state index contributed by atoms with van der Waals surface area (Å²) in [6, 6.07) is 10.1. The monoisotopic (exact) mass is 675 g/mol. The van der Waals surface area contributed by atoms with E-state index in [0.29, 0.717) is 56.5 Å². The quantitative estimate of drug-likeness (QED) is 0.0582. The zero-order chi connectivity index (χ0) is 36.7. The van der Waals surface area contributed by atoms with Crippen LogP contribution < -0.4 is 61.8 Å². The topological polar surface area (TPSA) is 377 Å². The van der Waals surface area contributed by atoms with Crippen molar-refractivity contribution in [1.29, 1.82) is 0 Å². The molecule has 0 unspecified atom stereocenters. The molecular weight excluding hydrogens is 634 g/mol. The highest BCUT2D eigenvalue weighted by Crippen LogP contribution is 2.19. The zero-order valence-corrected chi connectivity index (χ0v) is 27.4. The minimum Gasteiger partial charge on any atom is -0.369 e. The molecule has 0 radical (unpaired) electrons. The van der Waals surface area contributed by atoms with Gasteiger partial charge in [-0.3, -0.25) is 14.9 Å². The second-order valence-electron chi connectivity index (χ2n) is 10.1. The van der Waals surface area contributed by atoms with Crippen molar-refractivity contribution < 1.29 is 9.59 Å². The summed E-state index contributed by atoms with van der Waals surface area (Å²) in [7, 11) is 0. The molecule has 0 aromatic heterocycles. The standard InChI is InChI=1S/C28H41N19O2/c1-13(40-44-25(29)30)17-5-18(14(2)41-45-26(31)32)8-21(7-17)38-23(48)11-37-12-24(49)39-22-9-19(15(3)42-46-27(33)34)6-20(10-22)16(4)43-47-28(35)36/h5-10,37H,11-12H2,1-4H3,(H,38,48)(H,39,49)(H4,29,30,44)(H4,31,32,45)(H4,33,34,46)(H4,35,36,47)/b40-13+,41-14+,42-15+,43-16+. The van der Waals surface area contributed by atoms with Gasteiger partial charge in [0.25, 0.3) is 0 Å². The molecule has 0 aliphatic rings. The van der Waals surface area contributed by atoms with E-state index in [1.54, 1.807) is 64.1 Å². The first kappa shape index (κ1) is 38.3. The molecular formula is C28H41N19O2. The van der Waals surface area contributed by atoms with Crippen LogP contribution in [0.15, 0.2) is 77.2 Å². The molecule has 2 rings (SSSR count).